The van der Waals surface area contributed by atoms with E-state index in [0.717, 1.165) is 5.39 Å². The number of carbonyl (C=O) groups excluding carboxylic acids is 1. The molecule has 0 radical (unpaired) electrons. The molecule has 3 nitrogen and oxygen atoms in total. The van der Waals surface area contributed by atoms with Crippen LogP contribution in [-0.2, 0) is 4.74 Å². The van der Waals surface area contributed by atoms with Gasteiger partial charge in [-0.05, 0) is 35.0 Å². The molecule has 2 aromatic rings. The second kappa shape index (κ2) is 4.88. The van der Waals surface area contributed by atoms with Crippen LogP contribution < -0.4 is 0 Å². The van der Waals surface area contributed by atoms with E-state index >= 15 is 0 Å². The average molecular weight is 337 g/mol. The Morgan fingerprint density at radius 3 is 2.82 bits per heavy atom. The molecule has 1 aromatic carbocycles. The van der Waals surface area contributed by atoms with E-state index in [9.17, 15) is 4.79 Å². The van der Waals surface area contributed by atoms with Crippen molar-refractivity contribution in [1.82, 2.24) is 4.98 Å². The topological polar surface area (TPSA) is 42.1 Å². The minimum atomic E-state index is -0.428. The molecule has 90 valence electrons. The van der Waals surface area contributed by atoms with Gasteiger partial charge in [0.1, 0.15) is 5.69 Å². The standard InChI is InChI=1S/C11H8BrCl2NO2/c1-2-17-11(16)10-9(12)8-6(14)3-5(13)4-7(8)15-10/h3-4,15H,2H2,1H3. The fourth-order valence-electron chi connectivity index (χ4n) is 1.55. The molecule has 0 bridgehead atoms. The molecule has 0 aliphatic rings. The number of esters is 1. The van der Waals surface area contributed by atoms with Crippen molar-refractivity contribution in [3.05, 3.63) is 32.3 Å². The number of halogens is 3. The lowest BCUT2D eigenvalue weighted by Crippen LogP contribution is -2.05. The molecule has 17 heavy (non-hydrogen) atoms. The molecule has 0 saturated carbocycles. The van der Waals surface area contributed by atoms with Crippen LogP contribution in [-0.4, -0.2) is 17.6 Å². The first kappa shape index (κ1) is 12.7. The average Bonchev–Trinajstić information content (AvgIpc) is 2.56. The Bertz CT molecular complexity index is 595. The quantitative estimate of drug-likeness (QED) is 0.825. The van der Waals surface area contributed by atoms with Crippen molar-refractivity contribution >= 4 is 56.0 Å². The number of H-pyrrole nitrogens is 1. The summed E-state index contributed by atoms with van der Waals surface area (Å²) in [5, 5.41) is 1.71. The number of fused-ring (bicyclic) bond motifs is 1. The van der Waals surface area contributed by atoms with Crippen LogP contribution in [0.5, 0.6) is 0 Å². The van der Waals surface area contributed by atoms with Gasteiger partial charge in [0.15, 0.2) is 0 Å². The van der Waals surface area contributed by atoms with Gasteiger partial charge >= 0.3 is 5.97 Å². The van der Waals surface area contributed by atoms with E-state index in [2.05, 4.69) is 20.9 Å². The Kier molecular flexibility index (Phi) is 3.66. The summed E-state index contributed by atoms with van der Waals surface area (Å²) in [7, 11) is 0. The van der Waals surface area contributed by atoms with E-state index in [4.69, 9.17) is 27.9 Å². The van der Waals surface area contributed by atoms with Crippen molar-refractivity contribution in [3.63, 3.8) is 0 Å². The third kappa shape index (κ3) is 2.30. The van der Waals surface area contributed by atoms with Gasteiger partial charge in [0.05, 0.1) is 21.6 Å². The lowest BCUT2D eigenvalue weighted by molar-refractivity contribution is 0.0519. The van der Waals surface area contributed by atoms with Gasteiger partial charge in [0, 0.05) is 10.4 Å². The van der Waals surface area contributed by atoms with Crippen LogP contribution in [0.25, 0.3) is 10.9 Å². The molecule has 1 N–H and O–H groups in total. The Balaban J connectivity index is 2.64. The van der Waals surface area contributed by atoms with Gasteiger partial charge in [-0.3, -0.25) is 0 Å². The number of aromatic nitrogens is 1. The summed E-state index contributed by atoms with van der Waals surface area (Å²) >= 11 is 15.3. The second-order valence-electron chi connectivity index (χ2n) is 3.34. The molecule has 0 spiro atoms. The number of nitrogens with one attached hydrogen (secondary N) is 1. The molecule has 1 heterocycles. The lowest BCUT2D eigenvalue weighted by atomic mass is 10.2. The number of carbonyl (C=O) groups is 1. The van der Waals surface area contributed by atoms with Crippen molar-refractivity contribution < 1.29 is 9.53 Å². The molecule has 0 fully saturated rings. The van der Waals surface area contributed by atoms with Crippen LogP contribution in [0.15, 0.2) is 16.6 Å². The summed E-state index contributed by atoms with van der Waals surface area (Å²) in [6.07, 6.45) is 0. The number of benzene rings is 1. The van der Waals surface area contributed by atoms with Crippen molar-refractivity contribution in [2.24, 2.45) is 0 Å². The Labute approximate surface area is 116 Å². The summed E-state index contributed by atoms with van der Waals surface area (Å²) in [4.78, 5) is 14.6. The summed E-state index contributed by atoms with van der Waals surface area (Å²) < 4.78 is 5.52. The van der Waals surface area contributed by atoms with Gasteiger partial charge in [-0.2, -0.15) is 0 Å². The zero-order chi connectivity index (χ0) is 12.6. The van der Waals surface area contributed by atoms with Crippen LogP contribution in [0.2, 0.25) is 10.0 Å². The van der Waals surface area contributed by atoms with Crippen molar-refractivity contribution in [2.45, 2.75) is 6.92 Å². The highest BCUT2D eigenvalue weighted by atomic mass is 79.9. The van der Waals surface area contributed by atoms with Gasteiger partial charge in [0.25, 0.3) is 0 Å². The highest BCUT2D eigenvalue weighted by Gasteiger charge is 2.19. The first-order valence-electron chi connectivity index (χ1n) is 4.88. The summed E-state index contributed by atoms with van der Waals surface area (Å²) in [6, 6.07) is 3.33. The lowest BCUT2D eigenvalue weighted by Gasteiger charge is -1.99. The molecule has 0 saturated heterocycles. The minimum Gasteiger partial charge on any atom is -0.461 e. The summed E-state index contributed by atoms with van der Waals surface area (Å²) in [5.74, 6) is -0.428. The SMILES string of the molecule is CCOC(=O)c1[nH]c2cc(Cl)cc(Cl)c2c1Br. The maximum Gasteiger partial charge on any atom is 0.355 e. The maximum atomic E-state index is 11.7. The molecule has 1 aromatic heterocycles. The molecule has 0 amide bonds. The van der Waals surface area contributed by atoms with Crippen LogP contribution in [0.1, 0.15) is 17.4 Å². The largest absolute Gasteiger partial charge is 0.461 e. The predicted octanol–water partition coefficient (Wildman–Crippen LogP) is 4.41. The van der Waals surface area contributed by atoms with Crippen LogP contribution in [0.4, 0.5) is 0 Å². The molecule has 0 aliphatic heterocycles. The first-order valence-corrected chi connectivity index (χ1v) is 6.42. The number of aromatic amines is 1. The molecule has 2 rings (SSSR count). The van der Waals surface area contributed by atoms with Gasteiger partial charge in [-0.1, -0.05) is 23.2 Å². The van der Waals surface area contributed by atoms with Gasteiger partial charge in [-0.15, -0.1) is 0 Å². The van der Waals surface area contributed by atoms with E-state index in [1.165, 1.54) is 0 Å². The summed E-state index contributed by atoms with van der Waals surface area (Å²) in [6.45, 7) is 2.06. The smallest absolute Gasteiger partial charge is 0.355 e. The number of rotatable bonds is 2. The van der Waals surface area contributed by atoms with Crippen molar-refractivity contribution in [2.75, 3.05) is 6.61 Å². The minimum absolute atomic E-state index is 0.315. The van der Waals surface area contributed by atoms with Gasteiger partial charge in [-0.25, -0.2) is 4.79 Å². The normalized spacial score (nSPS) is 10.8. The number of ether oxygens (including phenoxy) is 1. The second-order valence-corrected chi connectivity index (χ2v) is 4.98. The van der Waals surface area contributed by atoms with Crippen molar-refractivity contribution in [1.29, 1.82) is 0 Å². The molecule has 0 unspecified atom stereocenters. The zero-order valence-electron chi connectivity index (χ0n) is 8.81. The molecule has 6 heteroatoms. The van der Waals surface area contributed by atoms with Crippen LogP contribution in [0.3, 0.4) is 0 Å². The molecular weight excluding hydrogens is 329 g/mol. The molecule has 0 atom stereocenters. The zero-order valence-corrected chi connectivity index (χ0v) is 11.9. The predicted molar refractivity (Wildman–Crippen MR) is 72.0 cm³/mol. The molecular formula is C11H8BrCl2NO2. The fourth-order valence-corrected chi connectivity index (χ4v) is 2.94. The van der Waals surface area contributed by atoms with Gasteiger partial charge in [0.2, 0.25) is 0 Å². The summed E-state index contributed by atoms with van der Waals surface area (Å²) in [5.41, 5.74) is 1.03. The van der Waals surface area contributed by atoms with Gasteiger partial charge < -0.3 is 9.72 Å². The third-order valence-electron chi connectivity index (χ3n) is 2.23. The number of hydrogen-bond acceptors (Lipinski definition) is 2. The van der Waals surface area contributed by atoms with E-state index in [1.54, 1.807) is 19.1 Å². The van der Waals surface area contributed by atoms with E-state index in [0.29, 0.717) is 32.3 Å². The maximum absolute atomic E-state index is 11.7. The van der Waals surface area contributed by atoms with E-state index in [1.807, 2.05) is 0 Å². The first-order chi connectivity index (χ1) is 8.04. The van der Waals surface area contributed by atoms with E-state index in [-0.39, 0.29) is 0 Å². The highest BCUT2D eigenvalue weighted by molar-refractivity contribution is 9.10. The Morgan fingerprint density at radius 2 is 2.18 bits per heavy atom. The Hall–Kier alpha value is -0.710. The van der Waals surface area contributed by atoms with Crippen LogP contribution in [0, 0.1) is 0 Å². The highest BCUT2D eigenvalue weighted by Crippen LogP contribution is 2.35. The van der Waals surface area contributed by atoms with E-state index < -0.39 is 5.97 Å². The number of hydrogen-bond donors (Lipinski definition) is 1. The molecule has 0 aliphatic carbocycles. The van der Waals surface area contributed by atoms with Crippen molar-refractivity contribution in [3.8, 4) is 0 Å². The van der Waals surface area contributed by atoms with Crippen LogP contribution >= 0.6 is 39.1 Å². The Morgan fingerprint density at radius 1 is 1.47 bits per heavy atom. The third-order valence-corrected chi connectivity index (χ3v) is 3.54. The monoisotopic (exact) mass is 335 g/mol. The fraction of sp³-hybridized carbons (Fsp3) is 0.182.